The van der Waals surface area contributed by atoms with Crippen LogP contribution in [-0.4, -0.2) is 11.6 Å². The zero-order chi connectivity index (χ0) is 13.9. The molecular weight excluding hydrogens is 224 g/mol. The molecule has 0 bridgehead atoms. The van der Waals surface area contributed by atoms with E-state index in [0.29, 0.717) is 0 Å². The maximum Gasteiger partial charge on any atom is 0.330 e. The van der Waals surface area contributed by atoms with Gasteiger partial charge in [0.1, 0.15) is 5.60 Å². The van der Waals surface area contributed by atoms with Gasteiger partial charge in [0.05, 0.1) is 0 Å². The largest absolute Gasteiger partial charge is 0.457 e. The van der Waals surface area contributed by atoms with E-state index in [4.69, 9.17) is 4.74 Å². The van der Waals surface area contributed by atoms with Gasteiger partial charge >= 0.3 is 5.97 Å². The molecular formula is C16H28O2. The molecule has 0 aromatic rings. The van der Waals surface area contributed by atoms with Crippen LogP contribution in [0.2, 0.25) is 0 Å². The molecule has 0 heterocycles. The van der Waals surface area contributed by atoms with Crippen LogP contribution in [0.4, 0.5) is 0 Å². The van der Waals surface area contributed by atoms with Gasteiger partial charge in [-0.05, 0) is 52.9 Å². The Balaban J connectivity index is 3.48. The van der Waals surface area contributed by atoms with E-state index < -0.39 is 5.60 Å². The molecule has 2 nitrogen and oxygen atoms in total. The Morgan fingerprint density at radius 3 is 2.17 bits per heavy atom. The smallest absolute Gasteiger partial charge is 0.330 e. The predicted octanol–water partition coefficient (Wildman–Crippen LogP) is 4.80. The minimum Gasteiger partial charge on any atom is -0.457 e. The van der Waals surface area contributed by atoms with Crippen LogP contribution in [0, 0.1) is 0 Å². The first-order valence-electron chi connectivity index (χ1n) is 7.00. The van der Waals surface area contributed by atoms with Crippen molar-refractivity contribution in [1.82, 2.24) is 0 Å². The SMILES string of the molecule is CC/C=C/CCCCC/C=C/C(=O)OC(C)(C)C. The van der Waals surface area contributed by atoms with Crippen molar-refractivity contribution in [2.75, 3.05) is 0 Å². The second-order valence-corrected chi connectivity index (χ2v) is 5.45. The van der Waals surface area contributed by atoms with Gasteiger partial charge in [0.2, 0.25) is 0 Å². The van der Waals surface area contributed by atoms with E-state index in [2.05, 4.69) is 19.1 Å². The van der Waals surface area contributed by atoms with E-state index >= 15 is 0 Å². The summed E-state index contributed by atoms with van der Waals surface area (Å²) in [5.41, 5.74) is -0.396. The van der Waals surface area contributed by atoms with E-state index in [1.54, 1.807) is 6.08 Å². The molecule has 2 heteroatoms. The summed E-state index contributed by atoms with van der Waals surface area (Å²) in [6, 6.07) is 0. The molecule has 0 atom stereocenters. The molecule has 0 radical (unpaired) electrons. The molecule has 0 saturated carbocycles. The lowest BCUT2D eigenvalue weighted by molar-refractivity contribution is -0.148. The van der Waals surface area contributed by atoms with Crippen molar-refractivity contribution in [2.24, 2.45) is 0 Å². The number of carbonyl (C=O) groups excluding carboxylic acids is 1. The van der Waals surface area contributed by atoms with Gasteiger partial charge in [-0.3, -0.25) is 0 Å². The van der Waals surface area contributed by atoms with E-state index in [1.165, 1.54) is 19.3 Å². The number of hydrogen-bond donors (Lipinski definition) is 0. The predicted molar refractivity (Wildman–Crippen MR) is 77.5 cm³/mol. The second kappa shape index (κ2) is 9.93. The molecule has 0 spiro atoms. The number of rotatable bonds is 8. The van der Waals surface area contributed by atoms with E-state index in [-0.39, 0.29) is 5.97 Å². The van der Waals surface area contributed by atoms with Crippen LogP contribution >= 0.6 is 0 Å². The summed E-state index contributed by atoms with van der Waals surface area (Å²) in [6.07, 6.45) is 14.7. The maximum absolute atomic E-state index is 11.3. The Kier molecular flexibility index (Phi) is 9.35. The van der Waals surface area contributed by atoms with Gasteiger partial charge in [-0.15, -0.1) is 0 Å². The van der Waals surface area contributed by atoms with E-state index in [0.717, 1.165) is 19.3 Å². The van der Waals surface area contributed by atoms with Gasteiger partial charge in [-0.2, -0.15) is 0 Å². The zero-order valence-corrected chi connectivity index (χ0v) is 12.4. The lowest BCUT2D eigenvalue weighted by Gasteiger charge is -2.17. The molecule has 0 aliphatic heterocycles. The summed E-state index contributed by atoms with van der Waals surface area (Å²) in [5, 5.41) is 0. The lowest BCUT2D eigenvalue weighted by Crippen LogP contribution is -2.22. The molecule has 0 aliphatic carbocycles. The monoisotopic (exact) mass is 252 g/mol. The molecule has 0 amide bonds. The summed E-state index contributed by atoms with van der Waals surface area (Å²) in [6.45, 7) is 7.78. The number of unbranched alkanes of at least 4 members (excludes halogenated alkanes) is 4. The highest BCUT2D eigenvalue weighted by atomic mass is 16.6. The fraction of sp³-hybridized carbons (Fsp3) is 0.688. The first kappa shape index (κ1) is 16.9. The summed E-state index contributed by atoms with van der Waals surface area (Å²) in [4.78, 5) is 11.3. The molecule has 0 aliphatic rings. The normalized spacial score (nSPS) is 12.4. The van der Waals surface area contributed by atoms with Crippen molar-refractivity contribution in [3.05, 3.63) is 24.3 Å². The van der Waals surface area contributed by atoms with Crippen molar-refractivity contribution < 1.29 is 9.53 Å². The zero-order valence-electron chi connectivity index (χ0n) is 12.4. The molecule has 0 unspecified atom stereocenters. The van der Waals surface area contributed by atoms with Crippen molar-refractivity contribution in [3.63, 3.8) is 0 Å². The Bertz CT molecular complexity index is 269. The fourth-order valence-corrected chi connectivity index (χ4v) is 1.50. The third-order valence-corrected chi connectivity index (χ3v) is 2.30. The summed E-state index contributed by atoms with van der Waals surface area (Å²) in [7, 11) is 0. The summed E-state index contributed by atoms with van der Waals surface area (Å²) < 4.78 is 5.17. The number of carbonyl (C=O) groups is 1. The Labute approximate surface area is 112 Å². The van der Waals surface area contributed by atoms with Crippen LogP contribution in [0.3, 0.4) is 0 Å². The van der Waals surface area contributed by atoms with Crippen LogP contribution in [0.25, 0.3) is 0 Å². The van der Waals surface area contributed by atoms with Crippen LogP contribution < -0.4 is 0 Å². The van der Waals surface area contributed by atoms with Gasteiger partial charge in [0.15, 0.2) is 0 Å². The standard InChI is InChI=1S/C16H28O2/c1-5-6-7-8-9-10-11-12-13-14-15(17)18-16(2,3)4/h6-7,13-14H,5,8-12H2,1-4H3/b7-6+,14-13+. The highest BCUT2D eigenvalue weighted by Crippen LogP contribution is 2.08. The van der Waals surface area contributed by atoms with Gasteiger partial charge in [0.25, 0.3) is 0 Å². The molecule has 18 heavy (non-hydrogen) atoms. The molecule has 0 aromatic heterocycles. The van der Waals surface area contributed by atoms with Crippen molar-refractivity contribution >= 4 is 5.97 Å². The number of ether oxygens (including phenoxy) is 1. The molecule has 0 rings (SSSR count). The number of hydrogen-bond acceptors (Lipinski definition) is 2. The molecule has 0 aromatic carbocycles. The van der Waals surface area contributed by atoms with Crippen LogP contribution in [-0.2, 0) is 9.53 Å². The molecule has 0 saturated heterocycles. The van der Waals surface area contributed by atoms with Crippen LogP contribution in [0.5, 0.6) is 0 Å². The first-order valence-corrected chi connectivity index (χ1v) is 7.00. The number of esters is 1. The average Bonchev–Trinajstić information content (AvgIpc) is 2.24. The van der Waals surface area contributed by atoms with Crippen LogP contribution in [0.1, 0.15) is 66.2 Å². The molecule has 104 valence electrons. The average molecular weight is 252 g/mol. The Morgan fingerprint density at radius 2 is 1.61 bits per heavy atom. The molecule has 0 fully saturated rings. The van der Waals surface area contributed by atoms with Gasteiger partial charge < -0.3 is 4.74 Å². The number of allylic oxidation sites excluding steroid dienone is 3. The second-order valence-electron chi connectivity index (χ2n) is 5.45. The summed E-state index contributed by atoms with van der Waals surface area (Å²) >= 11 is 0. The first-order chi connectivity index (χ1) is 8.45. The Hall–Kier alpha value is -1.05. The highest BCUT2D eigenvalue weighted by molar-refractivity contribution is 5.82. The lowest BCUT2D eigenvalue weighted by atomic mass is 10.1. The minimum absolute atomic E-state index is 0.242. The highest BCUT2D eigenvalue weighted by Gasteiger charge is 2.13. The topological polar surface area (TPSA) is 26.3 Å². The quantitative estimate of drug-likeness (QED) is 0.268. The third kappa shape index (κ3) is 13.0. The Morgan fingerprint density at radius 1 is 1.00 bits per heavy atom. The van der Waals surface area contributed by atoms with E-state index in [1.807, 2.05) is 26.8 Å². The van der Waals surface area contributed by atoms with Crippen LogP contribution in [0.15, 0.2) is 24.3 Å². The summed E-state index contributed by atoms with van der Waals surface area (Å²) in [5.74, 6) is -0.242. The van der Waals surface area contributed by atoms with Crippen molar-refractivity contribution in [1.29, 1.82) is 0 Å². The fourth-order valence-electron chi connectivity index (χ4n) is 1.50. The molecule has 0 N–H and O–H groups in total. The minimum atomic E-state index is -0.396. The third-order valence-electron chi connectivity index (χ3n) is 2.30. The maximum atomic E-state index is 11.3. The van der Waals surface area contributed by atoms with Gasteiger partial charge in [-0.25, -0.2) is 4.79 Å². The van der Waals surface area contributed by atoms with Gasteiger partial charge in [-0.1, -0.05) is 31.6 Å². The van der Waals surface area contributed by atoms with Crippen molar-refractivity contribution in [3.8, 4) is 0 Å². The van der Waals surface area contributed by atoms with Crippen molar-refractivity contribution in [2.45, 2.75) is 71.8 Å². The van der Waals surface area contributed by atoms with Gasteiger partial charge in [0, 0.05) is 6.08 Å². The van der Waals surface area contributed by atoms with E-state index in [9.17, 15) is 4.79 Å².